The molecular weight excluding hydrogens is 306 g/mol. The van der Waals surface area contributed by atoms with Gasteiger partial charge < -0.3 is 14.5 Å². The maximum atomic E-state index is 12.9. The van der Waals surface area contributed by atoms with E-state index in [1.54, 1.807) is 4.68 Å². The molecule has 0 saturated carbocycles. The molecule has 2 heterocycles. The fourth-order valence-electron chi connectivity index (χ4n) is 2.79. The van der Waals surface area contributed by atoms with Crippen LogP contribution in [0.25, 0.3) is 5.69 Å². The van der Waals surface area contributed by atoms with Gasteiger partial charge in [0.2, 0.25) is 0 Å². The summed E-state index contributed by atoms with van der Waals surface area (Å²) in [6, 6.07) is 7.53. The molecule has 0 unspecified atom stereocenters. The molecule has 0 bridgehead atoms. The summed E-state index contributed by atoms with van der Waals surface area (Å²) in [5.74, 6) is 0.782. The van der Waals surface area contributed by atoms with Crippen molar-refractivity contribution < 1.29 is 9.53 Å². The zero-order chi connectivity index (χ0) is 17.1. The van der Waals surface area contributed by atoms with E-state index in [-0.39, 0.29) is 5.91 Å². The minimum Gasteiger partial charge on any atom is -0.494 e. The van der Waals surface area contributed by atoms with Crippen LogP contribution >= 0.6 is 0 Å². The van der Waals surface area contributed by atoms with E-state index in [4.69, 9.17) is 4.74 Å². The van der Waals surface area contributed by atoms with E-state index >= 15 is 0 Å². The average Bonchev–Trinajstić information content (AvgIpc) is 2.97. The third kappa shape index (κ3) is 3.26. The summed E-state index contributed by atoms with van der Waals surface area (Å²) in [6.07, 6.45) is 0. The van der Waals surface area contributed by atoms with Crippen LogP contribution in [0.15, 0.2) is 24.3 Å². The number of nitrogens with zero attached hydrogens (tertiary/aromatic N) is 5. The lowest BCUT2D eigenvalue weighted by Crippen LogP contribution is -2.47. The van der Waals surface area contributed by atoms with Crippen LogP contribution in [-0.2, 0) is 0 Å². The lowest BCUT2D eigenvalue weighted by atomic mass is 10.2. The predicted octanol–water partition coefficient (Wildman–Crippen LogP) is 1.36. The zero-order valence-electron chi connectivity index (χ0n) is 14.4. The Hall–Kier alpha value is -2.41. The molecule has 0 N–H and O–H groups in total. The van der Waals surface area contributed by atoms with Gasteiger partial charge in [-0.25, -0.2) is 4.68 Å². The van der Waals surface area contributed by atoms with Crippen LogP contribution in [0.5, 0.6) is 5.75 Å². The van der Waals surface area contributed by atoms with E-state index < -0.39 is 0 Å². The maximum Gasteiger partial charge on any atom is 0.274 e. The van der Waals surface area contributed by atoms with Crippen LogP contribution in [0.2, 0.25) is 0 Å². The second kappa shape index (κ2) is 7.00. The van der Waals surface area contributed by atoms with Crippen molar-refractivity contribution in [1.82, 2.24) is 24.8 Å². The Morgan fingerprint density at radius 1 is 1.17 bits per heavy atom. The number of carbonyl (C=O) groups excluding carboxylic acids is 1. The first-order valence-electron chi connectivity index (χ1n) is 8.23. The number of carbonyl (C=O) groups is 1. The van der Waals surface area contributed by atoms with Crippen molar-refractivity contribution in [2.45, 2.75) is 13.8 Å². The molecule has 1 aromatic carbocycles. The topological polar surface area (TPSA) is 63.5 Å². The minimum atomic E-state index is -0.0144. The average molecular weight is 329 g/mol. The Bertz CT molecular complexity index is 702. The molecule has 128 valence electrons. The van der Waals surface area contributed by atoms with E-state index in [9.17, 15) is 4.79 Å². The highest BCUT2D eigenvalue weighted by Crippen LogP contribution is 2.19. The molecule has 1 amide bonds. The number of hydrogen-bond acceptors (Lipinski definition) is 5. The van der Waals surface area contributed by atoms with Crippen molar-refractivity contribution in [3.63, 3.8) is 0 Å². The van der Waals surface area contributed by atoms with Crippen LogP contribution in [0.4, 0.5) is 0 Å². The summed E-state index contributed by atoms with van der Waals surface area (Å²) in [6.45, 7) is 7.61. The number of amides is 1. The molecule has 1 aliphatic rings. The highest BCUT2D eigenvalue weighted by Gasteiger charge is 2.26. The molecule has 0 spiro atoms. The standard InChI is InChI=1S/C17H23N5O2/c1-4-24-15-7-5-14(6-8-15)22-16(13(2)18-19-22)17(23)21-11-9-20(3)10-12-21/h5-8H,4,9-12H2,1-3H3. The number of piperazine rings is 1. The minimum absolute atomic E-state index is 0.0144. The SMILES string of the molecule is CCOc1ccc(-n2nnc(C)c2C(=O)N2CCN(C)CC2)cc1. The second-order valence-corrected chi connectivity index (χ2v) is 5.96. The van der Waals surface area contributed by atoms with Gasteiger partial charge in [-0.05, 0) is 45.2 Å². The molecule has 3 rings (SSSR count). The number of likely N-dealkylation sites (N-methyl/N-ethyl adjacent to an activating group) is 1. The molecule has 2 aromatic rings. The summed E-state index contributed by atoms with van der Waals surface area (Å²) in [7, 11) is 2.07. The number of rotatable bonds is 4. The molecule has 1 aromatic heterocycles. The van der Waals surface area contributed by atoms with Gasteiger partial charge in [0.15, 0.2) is 5.69 Å². The summed E-state index contributed by atoms with van der Waals surface area (Å²) in [5.41, 5.74) is 1.98. The molecule has 1 aliphatic heterocycles. The number of aryl methyl sites for hydroxylation is 1. The molecule has 0 radical (unpaired) electrons. The van der Waals surface area contributed by atoms with Gasteiger partial charge in [0.25, 0.3) is 5.91 Å². The Morgan fingerprint density at radius 3 is 2.46 bits per heavy atom. The van der Waals surface area contributed by atoms with Crippen molar-refractivity contribution in [1.29, 1.82) is 0 Å². The number of aromatic nitrogens is 3. The van der Waals surface area contributed by atoms with Crippen molar-refractivity contribution in [2.24, 2.45) is 0 Å². The number of ether oxygens (including phenoxy) is 1. The molecular formula is C17H23N5O2. The quantitative estimate of drug-likeness (QED) is 0.847. The molecule has 1 saturated heterocycles. The number of benzene rings is 1. The first-order valence-corrected chi connectivity index (χ1v) is 8.23. The van der Waals surface area contributed by atoms with Crippen LogP contribution < -0.4 is 4.74 Å². The molecule has 0 atom stereocenters. The summed E-state index contributed by atoms with van der Waals surface area (Å²) in [5, 5.41) is 8.27. The van der Waals surface area contributed by atoms with E-state index in [1.165, 1.54) is 0 Å². The molecule has 7 heteroatoms. The van der Waals surface area contributed by atoms with Crippen LogP contribution in [0, 0.1) is 6.92 Å². The van der Waals surface area contributed by atoms with Gasteiger partial charge in [-0.3, -0.25) is 4.79 Å². The largest absolute Gasteiger partial charge is 0.494 e. The molecule has 24 heavy (non-hydrogen) atoms. The van der Waals surface area contributed by atoms with Gasteiger partial charge in [0.1, 0.15) is 5.75 Å². The van der Waals surface area contributed by atoms with Gasteiger partial charge in [-0.2, -0.15) is 0 Å². The first-order chi connectivity index (χ1) is 11.6. The number of hydrogen-bond donors (Lipinski definition) is 0. The van der Waals surface area contributed by atoms with Crippen LogP contribution in [0.3, 0.4) is 0 Å². The van der Waals surface area contributed by atoms with Gasteiger partial charge in [0.05, 0.1) is 18.0 Å². The summed E-state index contributed by atoms with van der Waals surface area (Å²) >= 11 is 0. The lowest BCUT2D eigenvalue weighted by Gasteiger charge is -2.32. The van der Waals surface area contributed by atoms with Crippen molar-refractivity contribution in [2.75, 3.05) is 39.8 Å². The summed E-state index contributed by atoms with van der Waals surface area (Å²) < 4.78 is 7.08. The van der Waals surface area contributed by atoms with Crippen molar-refractivity contribution >= 4 is 5.91 Å². The third-order valence-corrected chi connectivity index (χ3v) is 4.22. The maximum absolute atomic E-state index is 12.9. The van der Waals surface area contributed by atoms with E-state index in [0.29, 0.717) is 18.0 Å². The summed E-state index contributed by atoms with van der Waals surface area (Å²) in [4.78, 5) is 17.0. The van der Waals surface area contributed by atoms with Crippen LogP contribution in [-0.4, -0.2) is 70.5 Å². The van der Waals surface area contributed by atoms with Gasteiger partial charge in [-0.1, -0.05) is 5.21 Å². The van der Waals surface area contributed by atoms with E-state index in [0.717, 1.165) is 37.6 Å². The van der Waals surface area contributed by atoms with Gasteiger partial charge in [-0.15, -0.1) is 5.10 Å². The normalized spacial score (nSPS) is 15.5. The Morgan fingerprint density at radius 2 is 1.83 bits per heavy atom. The third-order valence-electron chi connectivity index (χ3n) is 4.22. The molecule has 0 aliphatic carbocycles. The smallest absolute Gasteiger partial charge is 0.274 e. The Kier molecular flexibility index (Phi) is 4.80. The first kappa shape index (κ1) is 16.4. The Balaban J connectivity index is 1.87. The highest BCUT2D eigenvalue weighted by atomic mass is 16.5. The zero-order valence-corrected chi connectivity index (χ0v) is 14.4. The van der Waals surface area contributed by atoms with Crippen LogP contribution in [0.1, 0.15) is 23.1 Å². The van der Waals surface area contributed by atoms with E-state index in [2.05, 4.69) is 22.3 Å². The van der Waals surface area contributed by atoms with Crippen molar-refractivity contribution in [3.05, 3.63) is 35.7 Å². The molecule has 1 fully saturated rings. The van der Waals surface area contributed by atoms with Gasteiger partial charge in [0, 0.05) is 26.2 Å². The fraction of sp³-hybridized carbons (Fsp3) is 0.471. The monoisotopic (exact) mass is 329 g/mol. The predicted molar refractivity (Wildman–Crippen MR) is 90.7 cm³/mol. The van der Waals surface area contributed by atoms with Gasteiger partial charge >= 0.3 is 0 Å². The lowest BCUT2D eigenvalue weighted by molar-refractivity contribution is 0.0654. The second-order valence-electron chi connectivity index (χ2n) is 5.96. The Labute approximate surface area is 141 Å². The highest BCUT2D eigenvalue weighted by molar-refractivity contribution is 5.94. The fourth-order valence-corrected chi connectivity index (χ4v) is 2.79. The molecule has 7 nitrogen and oxygen atoms in total. The van der Waals surface area contributed by atoms with E-state index in [1.807, 2.05) is 43.0 Å². The van der Waals surface area contributed by atoms with Crippen molar-refractivity contribution in [3.8, 4) is 11.4 Å².